The van der Waals surface area contributed by atoms with E-state index in [1.54, 1.807) is 18.2 Å². The van der Waals surface area contributed by atoms with Gasteiger partial charge in [0.1, 0.15) is 11.5 Å². The lowest BCUT2D eigenvalue weighted by molar-refractivity contribution is 0.0939. The van der Waals surface area contributed by atoms with Crippen molar-refractivity contribution >= 4 is 21.6 Å². The predicted molar refractivity (Wildman–Crippen MR) is 104 cm³/mol. The first-order valence-corrected chi connectivity index (χ1v) is 9.94. The summed E-state index contributed by atoms with van der Waals surface area (Å²) in [5.41, 5.74) is 0.688. The fraction of sp³-hybridized carbons (Fsp3) is 0.316. The van der Waals surface area contributed by atoms with Gasteiger partial charge in [-0.15, -0.1) is 0 Å². The molecule has 7 nitrogen and oxygen atoms in total. The van der Waals surface area contributed by atoms with Crippen molar-refractivity contribution in [2.24, 2.45) is 0 Å². The van der Waals surface area contributed by atoms with Crippen LogP contribution in [-0.4, -0.2) is 34.6 Å². The predicted octanol–water partition coefficient (Wildman–Crippen LogP) is 3.03. The maximum absolute atomic E-state index is 12.6. The fourth-order valence-corrected chi connectivity index (χ4v) is 3.35. The summed E-state index contributed by atoms with van der Waals surface area (Å²) in [4.78, 5) is 12.1. The van der Waals surface area contributed by atoms with E-state index in [1.165, 1.54) is 38.5 Å². The molecule has 2 N–H and O–H groups in total. The number of ether oxygens (including phenoxy) is 2. The Bertz CT molecular complexity index is 895. The summed E-state index contributed by atoms with van der Waals surface area (Å²) in [5, 5.41) is 2.84. The lowest BCUT2D eigenvalue weighted by Crippen LogP contribution is -2.31. The highest BCUT2D eigenvalue weighted by Gasteiger charge is 2.18. The van der Waals surface area contributed by atoms with Gasteiger partial charge in [-0.2, -0.15) is 0 Å². The van der Waals surface area contributed by atoms with Crippen molar-refractivity contribution in [1.29, 1.82) is 0 Å². The molecule has 1 atom stereocenters. The molecule has 0 saturated heterocycles. The van der Waals surface area contributed by atoms with E-state index in [-0.39, 0.29) is 22.5 Å². The molecule has 0 aliphatic rings. The minimum atomic E-state index is -3.84. The van der Waals surface area contributed by atoms with Crippen LogP contribution in [0.5, 0.6) is 11.5 Å². The second-order valence-electron chi connectivity index (χ2n) is 5.98. The number of rotatable bonds is 8. The average Bonchev–Trinajstić information content (AvgIpc) is 2.67. The number of anilines is 1. The molecule has 8 heteroatoms. The zero-order valence-corrected chi connectivity index (χ0v) is 16.6. The van der Waals surface area contributed by atoms with Crippen LogP contribution in [0.2, 0.25) is 0 Å². The Morgan fingerprint density at radius 2 is 1.74 bits per heavy atom. The van der Waals surface area contributed by atoms with Crippen molar-refractivity contribution in [2.45, 2.75) is 31.2 Å². The molecule has 146 valence electrons. The second-order valence-corrected chi connectivity index (χ2v) is 7.66. The van der Waals surface area contributed by atoms with Crippen LogP contribution < -0.4 is 19.5 Å². The van der Waals surface area contributed by atoms with Crippen LogP contribution in [0.3, 0.4) is 0 Å². The number of carbonyl (C=O) groups excluding carboxylic acids is 1. The summed E-state index contributed by atoms with van der Waals surface area (Å²) in [6, 6.07) is 10.6. The smallest absolute Gasteiger partial charge is 0.262 e. The number of methoxy groups -OCH3 is 2. The van der Waals surface area contributed by atoms with Gasteiger partial charge in [-0.3, -0.25) is 9.52 Å². The van der Waals surface area contributed by atoms with E-state index in [9.17, 15) is 13.2 Å². The Morgan fingerprint density at radius 3 is 2.30 bits per heavy atom. The third-order valence-corrected chi connectivity index (χ3v) is 5.45. The number of amides is 1. The molecule has 0 saturated carbocycles. The third-order valence-electron chi connectivity index (χ3n) is 4.07. The summed E-state index contributed by atoms with van der Waals surface area (Å²) >= 11 is 0. The molecule has 0 heterocycles. The molecule has 0 aliphatic heterocycles. The number of hydrogen-bond donors (Lipinski definition) is 2. The lowest BCUT2D eigenvalue weighted by atomic mass is 10.2. The van der Waals surface area contributed by atoms with Crippen LogP contribution in [0, 0.1) is 0 Å². The largest absolute Gasteiger partial charge is 0.497 e. The summed E-state index contributed by atoms with van der Waals surface area (Å²) in [7, 11) is -0.885. The normalized spacial score (nSPS) is 12.1. The van der Waals surface area contributed by atoms with Crippen LogP contribution in [0.15, 0.2) is 47.4 Å². The molecule has 0 aliphatic carbocycles. The molecule has 0 spiro atoms. The summed E-state index contributed by atoms with van der Waals surface area (Å²) in [5.74, 6) is 0.645. The van der Waals surface area contributed by atoms with E-state index < -0.39 is 10.0 Å². The highest BCUT2D eigenvalue weighted by Crippen LogP contribution is 2.30. The lowest BCUT2D eigenvalue weighted by Gasteiger charge is -2.14. The molecule has 0 fully saturated rings. The van der Waals surface area contributed by atoms with Crippen LogP contribution in [0.4, 0.5) is 5.69 Å². The van der Waals surface area contributed by atoms with Gasteiger partial charge in [0.2, 0.25) is 0 Å². The molecular weight excluding hydrogens is 368 g/mol. The van der Waals surface area contributed by atoms with Gasteiger partial charge < -0.3 is 14.8 Å². The molecule has 2 aromatic rings. The summed E-state index contributed by atoms with van der Waals surface area (Å²) in [6.45, 7) is 3.88. The molecule has 1 amide bonds. The van der Waals surface area contributed by atoms with Crippen molar-refractivity contribution in [3.63, 3.8) is 0 Å². The molecule has 1 unspecified atom stereocenters. The summed E-state index contributed by atoms with van der Waals surface area (Å²) < 4.78 is 38.1. The number of sulfonamides is 1. The molecule has 2 rings (SSSR count). The topological polar surface area (TPSA) is 93.7 Å². The molecule has 0 aromatic heterocycles. The molecule has 0 radical (unpaired) electrons. The number of carbonyl (C=O) groups is 1. The van der Waals surface area contributed by atoms with Gasteiger partial charge in [0, 0.05) is 17.7 Å². The van der Waals surface area contributed by atoms with Crippen LogP contribution in [0.25, 0.3) is 0 Å². The average molecular weight is 392 g/mol. The summed E-state index contributed by atoms with van der Waals surface area (Å²) in [6.07, 6.45) is 0.811. The Hall–Kier alpha value is -2.74. The van der Waals surface area contributed by atoms with E-state index in [0.717, 1.165) is 6.42 Å². The first-order valence-electron chi connectivity index (χ1n) is 8.46. The maximum atomic E-state index is 12.6. The Morgan fingerprint density at radius 1 is 1.07 bits per heavy atom. The van der Waals surface area contributed by atoms with Crippen molar-refractivity contribution in [1.82, 2.24) is 5.32 Å². The molecular formula is C19H24N2O5S. The zero-order valence-electron chi connectivity index (χ0n) is 15.8. The number of nitrogens with one attached hydrogen (secondary N) is 2. The third kappa shape index (κ3) is 5.13. The fourth-order valence-electron chi connectivity index (χ4n) is 2.28. The van der Waals surface area contributed by atoms with Crippen molar-refractivity contribution < 1.29 is 22.7 Å². The molecule has 2 aromatic carbocycles. The van der Waals surface area contributed by atoms with E-state index in [4.69, 9.17) is 9.47 Å². The number of benzene rings is 2. The Kier molecular flexibility index (Phi) is 6.68. The SMILES string of the molecule is CCC(C)NC(=O)c1ccc(S(=O)(=O)Nc2ccc(OC)cc2OC)cc1. The zero-order chi connectivity index (χ0) is 20.0. The highest BCUT2D eigenvalue weighted by molar-refractivity contribution is 7.92. The van der Waals surface area contributed by atoms with Crippen LogP contribution >= 0.6 is 0 Å². The molecule has 0 bridgehead atoms. The standard InChI is InChI=1S/C19H24N2O5S/c1-5-13(2)20-19(22)14-6-9-16(10-7-14)27(23,24)21-17-11-8-15(25-3)12-18(17)26-4/h6-13,21H,5H2,1-4H3,(H,20,22). The monoisotopic (exact) mass is 392 g/mol. The van der Waals surface area contributed by atoms with Gasteiger partial charge in [-0.05, 0) is 49.7 Å². The maximum Gasteiger partial charge on any atom is 0.262 e. The second kappa shape index (κ2) is 8.77. The van der Waals surface area contributed by atoms with Gasteiger partial charge in [0.15, 0.2) is 0 Å². The highest BCUT2D eigenvalue weighted by atomic mass is 32.2. The van der Waals surface area contributed by atoms with Crippen molar-refractivity contribution in [2.75, 3.05) is 18.9 Å². The van der Waals surface area contributed by atoms with E-state index in [0.29, 0.717) is 17.1 Å². The quantitative estimate of drug-likeness (QED) is 0.720. The van der Waals surface area contributed by atoms with E-state index >= 15 is 0 Å². The first kappa shape index (κ1) is 20.6. The van der Waals surface area contributed by atoms with E-state index in [1.807, 2.05) is 13.8 Å². The van der Waals surface area contributed by atoms with E-state index in [2.05, 4.69) is 10.0 Å². The molecule has 27 heavy (non-hydrogen) atoms. The van der Waals surface area contributed by atoms with Crippen molar-refractivity contribution in [3.05, 3.63) is 48.0 Å². The Labute approximate surface area is 159 Å². The van der Waals surface area contributed by atoms with Gasteiger partial charge in [0.25, 0.3) is 15.9 Å². The van der Waals surface area contributed by atoms with Gasteiger partial charge >= 0.3 is 0 Å². The number of hydrogen-bond acceptors (Lipinski definition) is 5. The van der Waals surface area contributed by atoms with Gasteiger partial charge in [-0.25, -0.2) is 8.42 Å². The Balaban J connectivity index is 2.21. The van der Waals surface area contributed by atoms with Crippen molar-refractivity contribution in [3.8, 4) is 11.5 Å². The van der Waals surface area contributed by atoms with Gasteiger partial charge in [0.05, 0.1) is 24.8 Å². The van der Waals surface area contributed by atoms with Gasteiger partial charge in [-0.1, -0.05) is 6.92 Å². The van der Waals surface area contributed by atoms with Crippen LogP contribution in [0.1, 0.15) is 30.6 Å². The minimum Gasteiger partial charge on any atom is -0.497 e. The first-order chi connectivity index (χ1) is 12.8. The van der Waals surface area contributed by atoms with Crippen LogP contribution in [-0.2, 0) is 10.0 Å². The minimum absolute atomic E-state index is 0.0421.